The van der Waals surface area contributed by atoms with Gasteiger partial charge in [-0.2, -0.15) is 0 Å². The van der Waals surface area contributed by atoms with Crippen molar-refractivity contribution < 1.29 is 19.1 Å². The molecule has 6 nitrogen and oxygen atoms in total. The molecule has 0 aromatic rings. The van der Waals surface area contributed by atoms with Gasteiger partial charge in [-0.15, -0.1) is 24.8 Å². The average Bonchev–Trinajstić information content (AvgIpc) is 2.22. The largest absolute Gasteiger partial charge is 0.469 e. The summed E-state index contributed by atoms with van der Waals surface area (Å²) in [5, 5.41) is 14.4. The van der Waals surface area contributed by atoms with Crippen molar-refractivity contribution in [3.63, 3.8) is 0 Å². The van der Waals surface area contributed by atoms with Crippen molar-refractivity contribution in [2.24, 2.45) is 0 Å². The number of carbonyl (C=O) groups is 2. The molecule has 0 heterocycles. The summed E-state index contributed by atoms with van der Waals surface area (Å²) in [7, 11) is 2.36. The van der Waals surface area contributed by atoms with Crippen molar-refractivity contribution in [2.45, 2.75) is 12.8 Å². The molecule has 0 fully saturated rings. The van der Waals surface area contributed by atoms with Crippen LogP contribution in [0.25, 0.3) is 0 Å². The maximum atomic E-state index is 10.8. The summed E-state index contributed by atoms with van der Waals surface area (Å²) in [6.07, 6.45) is -0.0185. The van der Waals surface area contributed by atoms with Gasteiger partial charge in [-0.25, -0.2) is 4.79 Å². The Morgan fingerprint density at radius 2 is 1.50 bits per heavy atom. The van der Waals surface area contributed by atoms with Crippen LogP contribution >= 0.6 is 24.8 Å². The highest BCUT2D eigenvalue weighted by Crippen LogP contribution is 1.96. The molecule has 0 amide bonds. The van der Waals surface area contributed by atoms with Crippen LogP contribution in [0.15, 0.2) is 0 Å². The highest BCUT2D eigenvalue weighted by Gasteiger charge is 2.15. The lowest BCUT2D eigenvalue weighted by molar-refractivity contribution is -0.140. The number of halogens is 2. The summed E-state index contributed by atoms with van der Waals surface area (Å²) in [6.45, 7) is 0. The van der Waals surface area contributed by atoms with Crippen LogP contribution in [0.5, 0.6) is 0 Å². The van der Waals surface area contributed by atoms with Crippen LogP contribution in [0.2, 0.25) is 0 Å². The molecule has 0 rings (SSSR count). The number of rotatable bonds is 5. The second-order valence-corrected chi connectivity index (χ2v) is 2.42. The smallest absolute Gasteiger partial charge is 0.357 e. The van der Waals surface area contributed by atoms with E-state index in [9.17, 15) is 9.59 Å². The molecular weight excluding hydrogens is 259 g/mol. The Balaban J connectivity index is -0.000000845. The molecule has 16 heavy (non-hydrogen) atoms. The normalized spacial score (nSPS) is 7.88. The molecule has 8 heteroatoms. The Kier molecular flexibility index (Phi) is 13.2. The number of methoxy groups -OCH3 is 2. The van der Waals surface area contributed by atoms with Crippen molar-refractivity contribution in [2.75, 3.05) is 14.2 Å². The predicted octanol–water partition coefficient (Wildman–Crippen LogP) is 0.996. The van der Waals surface area contributed by atoms with E-state index in [0.717, 1.165) is 7.11 Å². The summed E-state index contributed by atoms with van der Waals surface area (Å²) >= 11 is 0. The Bertz CT molecular complexity index is 281. The monoisotopic (exact) mass is 272 g/mol. The first kappa shape index (κ1) is 20.3. The number of hydrogen-bond acceptors (Lipinski definition) is 6. The fourth-order valence-corrected chi connectivity index (χ4v) is 0.679. The van der Waals surface area contributed by atoms with Gasteiger partial charge in [-0.05, 0) is 0 Å². The fraction of sp³-hybridized carbons (Fsp3) is 0.500. The van der Waals surface area contributed by atoms with Crippen LogP contribution in [-0.2, 0) is 19.1 Å². The van der Waals surface area contributed by atoms with Crippen molar-refractivity contribution in [1.82, 2.24) is 0 Å². The van der Waals surface area contributed by atoms with Crippen LogP contribution in [0.4, 0.5) is 0 Å². The number of hydrogen-bond donors (Lipinski definition) is 2. The van der Waals surface area contributed by atoms with E-state index in [1.165, 1.54) is 7.11 Å². The first-order valence-electron chi connectivity index (χ1n) is 3.84. The average molecular weight is 273 g/mol. The minimum Gasteiger partial charge on any atom is -0.469 e. The van der Waals surface area contributed by atoms with E-state index < -0.39 is 17.7 Å². The van der Waals surface area contributed by atoms with Crippen LogP contribution in [0.1, 0.15) is 12.8 Å². The Labute approximate surface area is 106 Å². The second kappa shape index (κ2) is 10.4. The van der Waals surface area contributed by atoms with Crippen LogP contribution in [-0.4, -0.2) is 37.6 Å². The lowest BCUT2D eigenvalue weighted by atomic mass is 10.1. The third-order valence-electron chi connectivity index (χ3n) is 1.50. The number of carbonyl (C=O) groups excluding carboxylic acids is 2. The number of nitrogens with one attached hydrogen (secondary N) is 2. The molecule has 0 aromatic heterocycles. The molecule has 0 bridgehead atoms. The second-order valence-electron chi connectivity index (χ2n) is 2.42. The molecule has 0 aliphatic rings. The Morgan fingerprint density at radius 3 is 1.88 bits per heavy atom. The fourth-order valence-electron chi connectivity index (χ4n) is 0.679. The molecule has 0 saturated heterocycles. The van der Waals surface area contributed by atoms with E-state index in [0.29, 0.717) is 0 Å². The zero-order valence-electron chi connectivity index (χ0n) is 8.86. The quantitative estimate of drug-likeness (QED) is 0.576. The van der Waals surface area contributed by atoms with E-state index in [1.54, 1.807) is 0 Å². The molecule has 94 valence electrons. The van der Waals surface area contributed by atoms with Gasteiger partial charge in [-0.1, -0.05) is 0 Å². The first-order chi connectivity index (χ1) is 6.52. The predicted molar refractivity (Wildman–Crippen MR) is 63.2 cm³/mol. The van der Waals surface area contributed by atoms with Gasteiger partial charge in [0.2, 0.25) is 0 Å². The van der Waals surface area contributed by atoms with Gasteiger partial charge in [0, 0.05) is 6.42 Å². The van der Waals surface area contributed by atoms with Gasteiger partial charge in [0.05, 0.1) is 26.4 Å². The maximum Gasteiger partial charge on any atom is 0.357 e. The van der Waals surface area contributed by atoms with Crippen molar-refractivity contribution >= 4 is 48.2 Å². The standard InChI is InChI=1S/C8H12N2O4.2ClH/c1-13-6(11)4-3-5(9)7(10)8(12)14-2;;/h9-10H,3-4H2,1-2H3;2*1H. The van der Waals surface area contributed by atoms with Gasteiger partial charge in [0.1, 0.15) is 0 Å². The minimum atomic E-state index is -0.875. The first-order valence-corrected chi connectivity index (χ1v) is 3.84. The van der Waals surface area contributed by atoms with Gasteiger partial charge in [0.15, 0.2) is 5.71 Å². The summed E-state index contributed by atoms with van der Waals surface area (Å²) in [6, 6.07) is 0. The summed E-state index contributed by atoms with van der Waals surface area (Å²) in [5.74, 6) is -1.35. The summed E-state index contributed by atoms with van der Waals surface area (Å²) in [5.41, 5.74) is -0.765. The van der Waals surface area contributed by atoms with Crippen LogP contribution in [0, 0.1) is 10.8 Å². The summed E-state index contributed by atoms with van der Waals surface area (Å²) < 4.78 is 8.59. The van der Waals surface area contributed by atoms with Crippen LogP contribution < -0.4 is 0 Å². The van der Waals surface area contributed by atoms with E-state index >= 15 is 0 Å². The zero-order chi connectivity index (χ0) is 11.1. The van der Waals surface area contributed by atoms with Gasteiger partial charge in [-0.3, -0.25) is 10.2 Å². The molecule has 0 aliphatic carbocycles. The Hall–Kier alpha value is -1.14. The van der Waals surface area contributed by atoms with E-state index in [1.807, 2.05) is 0 Å². The summed E-state index contributed by atoms with van der Waals surface area (Å²) in [4.78, 5) is 21.4. The molecular formula is C8H14Cl2N2O4. The molecule has 0 atom stereocenters. The van der Waals surface area contributed by atoms with E-state index in [4.69, 9.17) is 10.8 Å². The molecule has 0 spiro atoms. The van der Waals surface area contributed by atoms with E-state index in [2.05, 4.69) is 9.47 Å². The number of ether oxygens (including phenoxy) is 2. The minimum absolute atomic E-state index is 0. The zero-order valence-corrected chi connectivity index (χ0v) is 10.5. The number of esters is 2. The molecule has 2 N–H and O–H groups in total. The SMILES string of the molecule is COC(=O)CCC(=N)C(=N)C(=O)OC.Cl.Cl. The van der Waals surface area contributed by atoms with Gasteiger partial charge in [0.25, 0.3) is 0 Å². The highest BCUT2D eigenvalue weighted by atomic mass is 35.5. The van der Waals surface area contributed by atoms with Gasteiger partial charge >= 0.3 is 11.9 Å². The third-order valence-corrected chi connectivity index (χ3v) is 1.50. The molecule has 0 aliphatic heterocycles. The third kappa shape index (κ3) is 7.19. The van der Waals surface area contributed by atoms with E-state index in [-0.39, 0.29) is 43.4 Å². The lowest BCUT2D eigenvalue weighted by Gasteiger charge is -2.02. The van der Waals surface area contributed by atoms with Crippen molar-refractivity contribution in [1.29, 1.82) is 10.8 Å². The molecule has 0 aromatic carbocycles. The molecule has 0 saturated carbocycles. The molecule has 0 radical (unpaired) electrons. The van der Waals surface area contributed by atoms with Gasteiger partial charge < -0.3 is 14.9 Å². The maximum absolute atomic E-state index is 10.8. The Morgan fingerprint density at radius 1 is 1.00 bits per heavy atom. The topological polar surface area (TPSA) is 100 Å². The van der Waals surface area contributed by atoms with Crippen molar-refractivity contribution in [3.8, 4) is 0 Å². The van der Waals surface area contributed by atoms with Crippen molar-refractivity contribution in [3.05, 3.63) is 0 Å². The van der Waals surface area contributed by atoms with Crippen LogP contribution in [0.3, 0.4) is 0 Å². The lowest BCUT2D eigenvalue weighted by Crippen LogP contribution is -2.24. The molecule has 0 unspecified atom stereocenters. The highest BCUT2D eigenvalue weighted by molar-refractivity contribution is 6.64.